The van der Waals surface area contributed by atoms with Crippen molar-refractivity contribution < 1.29 is 14.6 Å². The highest BCUT2D eigenvalue weighted by atomic mass is 16.5. The van der Waals surface area contributed by atoms with Crippen molar-refractivity contribution in [2.24, 2.45) is 0 Å². The van der Waals surface area contributed by atoms with Crippen LogP contribution in [0.4, 0.5) is 5.69 Å². The number of carbonyl (C=O) groups excluding carboxylic acids is 1. The Morgan fingerprint density at radius 1 is 1.56 bits per heavy atom. The molecule has 0 radical (unpaired) electrons. The molecule has 0 spiro atoms. The third-order valence-corrected chi connectivity index (χ3v) is 3.06. The van der Waals surface area contributed by atoms with Gasteiger partial charge in [0.15, 0.2) is 6.21 Å². The molecule has 1 unspecified atom stereocenters. The molecule has 0 bridgehead atoms. The lowest BCUT2D eigenvalue weighted by Gasteiger charge is -2.16. The van der Waals surface area contributed by atoms with Crippen LogP contribution in [0.3, 0.4) is 0 Å². The van der Waals surface area contributed by atoms with Crippen LogP contribution in [0, 0.1) is 5.21 Å². The number of fused-ring (bicyclic) bond motifs is 1. The average molecular weight is 248 g/mol. The molecule has 2 N–H and O–H groups in total. The van der Waals surface area contributed by atoms with Gasteiger partial charge in [-0.15, -0.1) is 0 Å². The van der Waals surface area contributed by atoms with E-state index in [0.29, 0.717) is 12.1 Å². The van der Waals surface area contributed by atoms with Gasteiger partial charge in [0, 0.05) is 18.6 Å². The minimum absolute atomic E-state index is 0.0669. The summed E-state index contributed by atoms with van der Waals surface area (Å²) in [6.45, 7) is 1.28. The third kappa shape index (κ3) is 2.51. The summed E-state index contributed by atoms with van der Waals surface area (Å²) in [7, 11) is 0. The minimum Gasteiger partial charge on any atom is -0.618 e. The Kier molecular flexibility index (Phi) is 3.62. The Morgan fingerprint density at radius 2 is 2.28 bits per heavy atom. The number of nitrogens with zero attached hydrogens (tertiary/aromatic N) is 1. The number of hydrogen-bond donors (Lipinski definition) is 2. The zero-order valence-electron chi connectivity index (χ0n) is 10.2. The monoisotopic (exact) mass is 248 g/mol. The van der Waals surface area contributed by atoms with Crippen LogP contribution >= 0.6 is 0 Å². The molecule has 5 nitrogen and oxygen atoms in total. The van der Waals surface area contributed by atoms with E-state index >= 15 is 0 Å². The van der Waals surface area contributed by atoms with Crippen molar-refractivity contribution in [1.29, 1.82) is 0 Å². The van der Waals surface area contributed by atoms with Gasteiger partial charge in [0.05, 0.1) is 18.6 Å². The molecule has 0 fully saturated rings. The molecule has 2 rings (SSSR count). The summed E-state index contributed by atoms with van der Waals surface area (Å²) < 4.78 is 0.849. The van der Waals surface area contributed by atoms with Crippen LogP contribution < -0.4 is 5.32 Å². The summed E-state index contributed by atoms with van der Waals surface area (Å²) in [4.78, 5) is 11.0. The fourth-order valence-corrected chi connectivity index (χ4v) is 2.29. The molecular formula is C13H16N2O3. The smallest absolute Gasteiger partial charge is 0.220 e. The van der Waals surface area contributed by atoms with Crippen molar-refractivity contribution >= 4 is 17.8 Å². The van der Waals surface area contributed by atoms with E-state index in [1.165, 1.54) is 6.92 Å². The topological polar surface area (TPSA) is 75.4 Å². The Morgan fingerprint density at radius 3 is 2.94 bits per heavy atom. The van der Waals surface area contributed by atoms with Crippen LogP contribution in [0.1, 0.15) is 24.8 Å². The fraction of sp³-hybridized carbons (Fsp3) is 0.385. The van der Waals surface area contributed by atoms with Crippen molar-refractivity contribution in [3.8, 4) is 0 Å². The molecule has 0 aliphatic carbocycles. The highest BCUT2D eigenvalue weighted by Crippen LogP contribution is 2.33. The van der Waals surface area contributed by atoms with Crippen molar-refractivity contribution in [2.75, 3.05) is 6.61 Å². The number of aliphatic hydroxyl groups excluding tert-OH is 1. The number of carbonyl (C=O) groups is 1. The lowest BCUT2D eigenvalue weighted by molar-refractivity contribution is -0.351. The maximum absolute atomic E-state index is 11.7. The van der Waals surface area contributed by atoms with E-state index in [1.54, 1.807) is 12.3 Å². The summed E-state index contributed by atoms with van der Waals surface area (Å²) in [6, 6.07) is 7.04. The Hall–Kier alpha value is -1.88. The summed E-state index contributed by atoms with van der Waals surface area (Å²) in [5.74, 6) is -0.248. The second-order valence-corrected chi connectivity index (χ2v) is 4.46. The Bertz CT molecular complexity index is 485. The molecule has 18 heavy (non-hydrogen) atoms. The van der Waals surface area contributed by atoms with Crippen molar-refractivity contribution in [3.05, 3.63) is 35.0 Å². The average Bonchev–Trinajstić information content (AvgIpc) is 2.66. The van der Waals surface area contributed by atoms with Gasteiger partial charge in [-0.05, 0) is 6.42 Å². The molecule has 0 saturated heterocycles. The molecule has 1 heterocycles. The quantitative estimate of drug-likeness (QED) is 0.613. The number of para-hydroxylation sites is 1. The second-order valence-electron chi connectivity index (χ2n) is 4.46. The van der Waals surface area contributed by atoms with Crippen LogP contribution in [0.15, 0.2) is 24.3 Å². The van der Waals surface area contributed by atoms with E-state index in [-0.39, 0.29) is 24.5 Å². The number of nitrogens with one attached hydrogen (secondary N) is 1. The molecule has 96 valence electrons. The SMILES string of the molecule is CC(=O)N[C@H](CO)CC1C=[N+]([O-])c2ccccc21. The lowest BCUT2D eigenvalue weighted by Crippen LogP contribution is -2.37. The molecule has 2 atom stereocenters. The second kappa shape index (κ2) is 5.18. The van der Waals surface area contributed by atoms with Crippen LogP contribution in [0.25, 0.3) is 0 Å². The molecular weight excluding hydrogens is 232 g/mol. The molecule has 1 aromatic rings. The van der Waals surface area contributed by atoms with Gasteiger partial charge in [-0.1, -0.05) is 18.2 Å². The van der Waals surface area contributed by atoms with E-state index in [1.807, 2.05) is 18.2 Å². The molecule has 1 aliphatic heterocycles. The largest absolute Gasteiger partial charge is 0.618 e. The van der Waals surface area contributed by atoms with Gasteiger partial charge in [-0.25, -0.2) is 0 Å². The Balaban J connectivity index is 2.14. The standard InChI is InChI=1S/C13H16N2O3/c1-9(17)14-11(8-16)6-10-7-15(18)13-5-3-2-4-12(10)13/h2-5,7,10-11,16H,6,8H2,1H3,(H,14,17)/t10?,11-/m0/s1. The zero-order chi connectivity index (χ0) is 13.1. The van der Waals surface area contributed by atoms with Gasteiger partial charge in [0.25, 0.3) is 0 Å². The summed E-state index contributed by atoms with van der Waals surface area (Å²) >= 11 is 0. The van der Waals surface area contributed by atoms with Gasteiger partial charge in [0.2, 0.25) is 11.6 Å². The van der Waals surface area contributed by atoms with Gasteiger partial charge < -0.3 is 15.6 Å². The van der Waals surface area contributed by atoms with Crippen LogP contribution in [-0.2, 0) is 4.79 Å². The number of aliphatic hydroxyl groups is 1. The van der Waals surface area contributed by atoms with Crippen LogP contribution in [-0.4, -0.2) is 34.6 Å². The number of amides is 1. The number of hydrogen-bond acceptors (Lipinski definition) is 3. The first-order valence-electron chi connectivity index (χ1n) is 5.90. The summed E-state index contributed by atoms with van der Waals surface area (Å²) in [5.41, 5.74) is 1.58. The highest BCUT2D eigenvalue weighted by molar-refractivity contribution is 5.74. The molecule has 1 amide bonds. The van der Waals surface area contributed by atoms with Gasteiger partial charge >= 0.3 is 0 Å². The van der Waals surface area contributed by atoms with Crippen molar-refractivity contribution in [3.63, 3.8) is 0 Å². The van der Waals surface area contributed by atoms with Crippen LogP contribution in [0.5, 0.6) is 0 Å². The van der Waals surface area contributed by atoms with E-state index < -0.39 is 0 Å². The normalized spacial score (nSPS) is 19.0. The number of rotatable bonds is 4. The predicted octanol–water partition coefficient (Wildman–Crippen LogP) is 0.883. The molecule has 1 aromatic carbocycles. The zero-order valence-corrected chi connectivity index (χ0v) is 10.2. The lowest BCUT2D eigenvalue weighted by atomic mass is 9.94. The molecule has 0 aromatic heterocycles. The van der Waals surface area contributed by atoms with E-state index in [2.05, 4.69) is 5.32 Å². The first-order chi connectivity index (χ1) is 8.61. The predicted molar refractivity (Wildman–Crippen MR) is 67.8 cm³/mol. The van der Waals surface area contributed by atoms with Gasteiger partial charge in [-0.2, -0.15) is 4.74 Å². The van der Waals surface area contributed by atoms with Crippen LogP contribution in [0.2, 0.25) is 0 Å². The van der Waals surface area contributed by atoms with Crippen molar-refractivity contribution in [2.45, 2.75) is 25.3 Å². The van der Waals surface area contributed by atoms with E-state index in [4.69, 9.17) is 0 Å². The first kappa shape index (κ1) is 12.6. The number of benzene rings is 1. The summed E-state index contributed by atoms with van der Waals surface area (Å²) in [5, 5.41) is 23.6. The maximum atomic E-state index is 11.7. The Labute approximate surface area is 105 Å². The fourth-order valence-electron chi connectivity index (χ4n) is 2.29. The molecule has 0 saturated carbocycles. The molecule has 1 aliphatic rings. The third-order valence-electron chi connectivity index (χ3n) is 3.06. The van der Waals surface area contributed by atoms with Gasteiger partial charge in [-0.3, -0.25) is 4.79 Å². The van der Waals surface area contributed by atoms with E-state index in [9.17, 15) is 15.1 Å². The summed E-state index contributed by atoms with van der Waals surface area (Å²) in [6.07, 6.45) is 2.10. The first-order valence-corrected chi connectivity index (χ1v) is 5.90. The molecule has 5 heteroatoms. The van der Waals surface area contributed by atoms with E-state index in [0.717, 1.165) is 10.3 Å². The highest BCUT2D eigenvalue weighted by Gasteiger charge is 2.29. The van der Waals surface area contributed by atoms with Gasteiger partial charge in [0.1, 0.15) is 0 Å². The van der Waals surface area contributed by atoms with Crippen molar-refractivity contribution in [1.82, 2.24) is 5.32 Å². The minimum atomic E-state index is -0.330. The maximum Gasteiger partial charge on any atom is 0.220 e.